The van der Waals surface area contributed by atoms with Gasteiger partial charge in [0.1, 0.15) is 12.1 Å². The monoisotopic (exact) mass is 384 g/mol. The van der Waals surface area contributed by atoms with Gasteiger partial charge in [-0.05, 0) is 18.3 Å². The molecule has 0 N–H and O–H groups in total. The fourth-order valence-electron chi connectivity index (χ4n) is 3.00. The van der Waals surface area contributed by atoms with E-state index in [0.717, 1.165) is 25.5 Å². The lowest BCUT2D eigenvalue weighted by Gasteiger charge is -2.36. The smallest absolute Gasteiger partial charge is 0.415 e. The first-order valence-electron chi connectivity index (χ1n) is 9.57. The summed E-state index contributed by atoms with van der Waals surface area (Å²) in [5.41, 5.74) is 0. The number of amides is 2. The molecule has 0 fully saturated rings. The summed E-state index contributed by atoms with van der Waals surface area (Å²) < 4.78 is 10.2. The highest BCUT2D eigenvalue weighted by Crippen LogP contribution is 2.19. The SMILES string of the molecule is C=COC(=O)N(C)C(C(=O)N(C)C(C(=O)OCCCCC)C(C)C)C(C)C. The Labute approximate surface area is 163 Å². The quantitative estimate of drug-likeness (QED) is 0.310. The van der Waals surface area contributed by atoms with E-state index < -0.39 is 24.1 Å². The van der Waals surface area contributed by atoms with Gasteiger partial charge in [-0.2, -0.15) is 0 Å². The van der Waals surface area contributed by atoms with Gasteiger partial charge in [-0.1, -0.05) is 54.0 Å². The van der Waals surface area contributed by atoms with Crippen molar-refractivity contribution in [2.45, 2.75) is 66.0 Å². The van der Waals surface area contributed by atoms with Gasteiger partial charge in [0.25, 0.3) is 0 Å². The molecule has 0 aromatic carbocycles. The lowest BCUT2D eigenvalue weighted by Crippen LogP contribution is -2.56. The zero-order chi connectivity index (χ0) is 21.1. The van der Waals surface area contributed by atoms with Crippen molar-refractivity contribution in [1.29, 1.82) is 0 Å². The fourth-order valence-corrected chi connectivity index (χ4v) is 3.00. The maximum atomic E-state index is 13.1. The zero-order valence-electron chi connectivity index (χ0n) is 17.9. The molecule has 2 amide bonds. The van der Waals surface area contributed by atoms with E-state index in [2.05, 4.69) is 13.5 Å². The average molecular weight is 385 g/mol. The van der Waals surface area contributed by atoms with E-state index in [1.165, 1.54) is 16.8 Å². The number of hydrogen-bond acceptors (Lipinski definition) is 5. The van der Waals surface area contributed by atoms with Gasteiger partial charge in [-0.25, -0.2) is 9.59 Å². The predicted octanol–water partition coefficient (Wildman–Crippen LogP) is 3.44. The highest BCUT2D eigenvalue weighted by molar-refractivity contribution is 5.89. The highest BCUT2D eigenvalue weighted by Gasteiger charge is 2.38. The Morgan fingerprint density at radius 1 is 0.963 bits per heavy atom. The van der Waals surface area contributed by atoms with E-state index in [4.69, 9.17) is 9.47 Å². The number of ether oxygens (including phenoxy) is 2. The number of hydrogen-bond donors (Lipinski definition) is 0. The van der Waals surface area contributed by atoms with E-state index in [1.54, 1.807) is 7.05 Å². The second-order valence-corrected chi connectivity index (χ2v) is 7.36. The third kappa shape index (κ3) is 7.61. The van der Waals surface area contributed by atoms with Crippen molar-refractivity contribution in [3.63, 3.8) is 0 Å². The van der Waals surface area contributed by atoms with E-state index in [1.807, 2.05) is 27.7 Å². The molecule has 0 bridgehead atoms. The third-order valence-electron chi connectivity index (χ3n) is 4.40. The Hall–Kier alpha value is -2.05. The van der Waals surface area contributed by atoms with Crippen LogP contribution in [0.4, 0.5) is 4.79 Å². The molecule has 0 radical (unpaired) electrons. The van der Waals surface area contributed by atoms with Crippen molar-refractivity contribution in [3.8, 4) is 0 Å². The fraction of sp³-hybridized carbons (Fsp3) is 0.750. The number of carbonyl (C=O) groups is 3. The Morgan fingerprint density at radius 2 is 1.52 bits per heavy atom. The van der Waals surface area contributed by atoms with Gasteiger partial charge in [0.15, 0.2) is 0 Å². The van der Waals surface area contributed by atoms with Gasteiger partial charge in [0.2, 0.25) is 5.91 Å². The minimum Gasteiger partial charge on any atom is -0.464 e. The molecule has 0 saturated heterocycles. The van der Waals surface area contributed by atoms with Crippen molar-refractivity contribution < 1.29 is 23.9 Å². The molecule has 7 nitrogen and oxygen atoms in total. The maximum absolute atomic E-state index is 13.1. The molecule has 7 heteroatoms. The maximum Gasteiger partial charge on any atom is 0.415 e. The standard InChI is InChI=1S/C20H36N2O5/c1-9-11-12-13-27-19(24)17(15(5)6)21(7)18(23)16(14(3)4)22(8)20(25)26-10-2/h10,14-17H,2,9,11-13H2,1,3-8H3. The summed E-state index contributed by atoms with van der Waals surface area (Å²) in [6.45, 7) is 13.2. The van der Waals surface area contributed by atoms with Crippen molar-refractivity contribution in [1.82, 2.24) is 9.80 Å². The van der Waals surface area contributed by atoms with Crippen LogP contribution in [0.25, 0.3) is 0 Å². The largest absolute Gasteiger partial charge is 0.464 e. The number of esters is 1. The second kappa shape index (κ2) is 12.4. The Bertz CT molecular complexity index is 505. The average Bonchev–Trinajstić information content (AvgIpc) is 2.58. The predicted molar refractivity (Wildman–Crippen MR) is 105 cm³/mol. The summed E-state index contributed by atoms with van der Waals surface area (Å²) >= 11 is 0. The zero-order valence-corrected chi connectivity index (χ0v) is 17.9. The van der Waals surface area contributed by atoms with E-state index in [0.29, 0.717) is 6.61 Å². The van der Waals surface area contributed by atoms with Crippen molar-refractivity contribution in [3.05, 3.63) is 12.8 Å². The first-order valence-corrected chi connectivity index (χ1v) is 9.57. The van der Waals surface area contributed by atoms with E-state index in [-0.39, 0.29) is 17.7 Å². The molecule has 2 atom stereocenters. The van der Waals surface area contributed by atoms with Crippen molar-refractivity contribution in [2.24, 2.45) is 11.8 Å². The molecule has 0 heterocycles. The summed E-state index contributed by atoms with van der Waals surface area (Å²) in [6, 6.07) is -1.49. The molecule has 0 aromatic heterocycles. The Kier molecular flexibility index (Phi) is 11.4. The van der Waals surface area contributed by atoms with Crippen molar-refractivity contribution in [2.75, 3.05) is 20.7 Å². The molecule has 2 unspecified atom stereocenters. The van der Waals surface area contributed by atoms with Crippen LogP contribution >= 0.6 is 0 Å². The summed E-state index contributed by atoms with van der Waals surface area (Å²) in [5, 5.41) is 0. The molecule has 0 rings (SSSR count). The van der Waals surface area contributed by atoms with E-state index in [9.17, 15) is 14.4 Å². The summed E-state index contributed by atoms with van der Waals surface area (Å²) in [5.74, 6) is -1.06. The van der Waals surface area contributed by atoms with Gasteiger partial charge in [0, 0.05) is 14.1 Å². The number of rotatable bonds is 11. The number of carbonyl (C=O) groups excluding carboxylic acids is 3. The Balaban J connectivity index is 5.34. The topological polar surface area (TPSA) is 76.2 Å². The van der Waals surface area contributed by atoms with Crippen LogP contribution in [0, 0.1) is 11.8 Å². The van der Waals surface area contributed by atoms with Crippen LogP contribution in [0.2, 0.25) is 0 Å². The molecular weight excluding hydrogens is 348 g/mol. The molecule has 27 heavy (non-hydrogen) atoms. The first kappa shape index (κ1) is 24.9. The minimum atomic E-state index is -0.767. The molecule has 0 aliphatic rings. The van der Waals surface area contributed by atoms with Gasteiger partial charge in [0.05, 0.1) is 12.9 Å². The third-order valence-corrected chi connectivity index (χ3v) is 4.40. The van der Waals surface area contributed by atoms with Crippen LogP contribution in [-0.2, 0) is 19.1 Å². The lowest BCUT2D eigenvalue weighted by atomic mass is 9.98. The number of unbranched alkanes of at least 4 members (excludes halogenated alkanes) is 2. The van der Waals surface area contributed by atoms with Crippen LogP contribution in [0.1, 0.15) is 53.9 Å². The van der Waals surface area contributed by atoms with Gasteiger partial charge < -0.3 is 14.4 Å². The van der Waals surface area contributed by atoms with Gasteiger partial charge in [-0.15, -0.1) is 0 Å². The first-order chi connectivity index (χ1) is 12.6. The van der Waals surface area contributed by atoms with Gasteiger partial charge in [-0.3, -0.25) is 9.69 Å². The summed E-state index contributed by atoms with van der Waals surface area (Å²) in [6.07, 6.45) is 3.17. The molecule has 0 aliphatic carbocycles. The summed E-state index contributed by atoms with van der Waals surface area (Å²) in [7, 11) is 3.07. The van der Waals surface area contributed by atoms with Crippen LogP contribution in [0.5, 0.6) is 0 Å². The van der Waals surface area contributed by atoms with Crippen molar-refractivity contribution >= 4 is 18.0 Å². The highest BCUT2D eigenvalue weighted by atomic mass is 16.5. The minimum absolute atomic E-state index is 0.129. The summed E-state index contributed by atoms with van der Waals surface area (Å²) in [4.78, 5) is 40.3. The Morgan fingerprint density at radius 3 is 1.96 bits per heavy atom. The molecule has 0 saturated carbocycles. The van der Waals surface area contributed by atoms with E-state index >= 15 is 0 Å². The van der Waals surface area contributed by atoms with Crippen LogP contribution < -0.4 is 0 Å². The van der Waals surface area contributed by atoms with Crippen LogP contribution in [-0.4, -0.2) is 60.6 Å². The molecule has 0 spiro atoms. The molecular formula is C20H36N2O5. The molecule has 156 valence electrons. The van der Waals surface area contributed by atoms with Crippen LogP contribution in [0.15, 0.2) is 12.8 Å². The molecule has 0 aromatic rings. The van der Waals surface area contributed by atoms with Crippen LogP contribution in [0.3, 0.4) is 0 Å². The second-order valence-electron chi connectivity index (χ2n) is 7.36. The number of likely N-dealkylation sites (N-methyl/N-ethyl adjacent to an activating group) is 2. The number of nitrogens with zero attached hydrogens (tertiary/aromatic N) is 2. The normalized spacial score (nSPS) is 13.1. The molecule has 0 aliphatic heterocycles. The van der Waals surface area contributed by atoms with Gasteiger partial charge >= 0.3 is 12.1 Å². The lowest BCUT2D eigenvalue weighted by molar-refractivity contribution is -0.158.